The van der Waals surface area contributed by atoms with Crippen LogP contribution in [0.2, 0.25) is 0 Å². The summed E-state index contributed by atoms with van der Waals surface area (Å²) in [6.45, 7) is 4.47. The lowest BCUT2D eigenvalue weighted by Crippen LogP contribution is -2.05. The Labute approximate surface area is 186 Å². The highest BCUT2D eigenvalue weighted by molar-refractivity contribution is 7.47. The Morgan fingerprint density at radius 1 is 0.774 bits per heavy atom. The molecule has 0 radical (unpaired) electrons. The van der Waals surface area contributed by atoms with Crippen LogP contribution in [0.3, 0.4) is 0 Å². The van der Waals surface area contributed by atoms with Crippen LogP contribution in [0, 0.1) is 13.8 Å². The third-order valence-electron chi connectivity index (χ3n) is 6.31. The number of rotatable bonds is 6. The molecule has 0 saturated carbocycles. The van der Waals surface area contributed by atoms with Gasteiger partial charge < -0.3 is 4.74 Å². The molecule has 0 bridgehead atoms. The zero-order chi connectivity index (χ0) is 21.2. The maximum absolute atomic E-state index is 6.55. The van der Waals surface area contributed by atoms with Gasteiger partial charge in [-0.3, -0.25) is 0 Å². The van der Waals surface area contributed by atoms with Crippen LogP contribution in [0.25, 0.3) is 11.1 Å². The van der Waals surface area contributed by atoms with E-state index in [4.69, 9.17) is 4.74 Å². The minimum Gasteiger partial charge on any atom is -0.457 e. The highest BCUT2D eigenvalue weighted by Crippen LogP contribution is 2.47. The van der Waals surface area contributed by atoms with Crippen LogP contribution in [0.4, 0.5) is 0 Å². The molecule has 0 N–H and O–H groups in total. The Hall–Kier alpha value is -2.89. The highest BCUT2D eigenvalue weighted by atomic mass is 31.1. The van der Waals surface area contributed by atoms with Gasteiger partial charge in [0.1, 0.15) is 11.5 Å². The monoisotopic (exact) mass is 422 g/mol. The summed E-state index contributed by atoms with van der Waals surface area (Å²) in [5.41, 5.74) is 9.73. The lowest BCUT2D eigenvalue weighted by Gasteiger charge is -2.21. The average Bonchev–Trinajstić information content (AvgIpc) is 3.20. The molecule has 4 aromatic rings. The van der Waals surface area contributed by atoms with E-state index in [1.54, 1.807) is 0 Å². The topological polar surface area (TPSA) is 9.23 Å². The molecule has 1 atom stereocenters. The molecular formula is C29H27OP. The van der Waals surface area contributed by atoms with E-state index in [1.165, 1.54) is 44.2 Å². The van der Waals surface area contributed by atoms with E-state index >= 15 is 0 Å². The number of hydrogen-bond acceptors (Lipinski definition) is 1. The van der Waals surface area contributed by atoms with Gasteiger partial charge in [0, 0.05) is 0 Å². The molecule has 0 aromatic heterocycles. The van der Waals surface area contributed by atoms with Gasteiger partial charge in [-0.1, -0.05) is 81.4 Å². The fourth-order valence-corrected chi connectivity index (χ4v) is 5.76. The molecule has 0 amide bonds. The number of ether oxygens (including phenoxy) is 1. The zero-order valence-electron chi connectivity index (χ0n) is 18.1. The fraction of sp³-hybridized carbons (Fsp3) is 0.172. The van der Waals surface area contributed by atoms with Crippen molar-refractivity contribution >= 4 is 13.9 Å². The molecule has 0 fully saturated rings. The Bertz CT molecular complexity index is 1210. The first-order valence-corrected chi connectivity index (χ1v) is 12.2. The van der Waals surface area contributed by atoms with Gasteiger partial charge in [-0.05, 0) is 89.2 Å². The summed E-state index contributed by atoms with van der Waals surface area (Å²) in [6, 6.07) is 29.9. The van der Waals surface area contributed by atoms with Crippen LogP contribution in [-0.2, 0) is 12.8 Å². The van der Waals surface area contributed by atoms with Crippen molar-refractivity contribution in [1.82, 2.24) is 0 Å². The first kappa shape index (κ1) is 20.0. The summed E-state index contributed by atoms with van der Waals surface area (Å²) in [5.74, 6) is 1.97. The summed E-state index contributed by atoms with van der Waals surface area (Å²) in [4.78, 5) is 0. The number of para-hydroxylation sites is 1. The molecule has 2 heteroatoms. The minimum atomic E-state index is 0.807. The van der Waals surface area contributed by atoms with E-state index in [2.05, 4.69) is 68.4 Å². The van der Waals surface area contributed by atoms with E-state index in [9.17, 15) is 0 Å². The SMILES string of the molecule is Cc1c(C)c2c(c(CCPc3ccccc3)c1Oc1ccccc1)Cc1ccccc1-2. The predicted octanol–water partition coefficient (Wildman–Crippen LogP) is 7.21. The van der Waals surface area contributed by atoms with Gasteiger partial charge in [0.2, 0.25) is 0 Å². The first-order chi connectivity index (χ1) is 15.2. The van der Waals surface area contributed by atoms with Gasteiger partial charge in [0.15, 0.2) is 0 Å². The van der Waals surface area contributed by atoms with Crippen molar-refractivity contribution in [3.8, 4) is 22.6 Å². The van der Waals surface area contributed by atoms with Crippen LogP contribution in [0.1, 0.15) is 27.8 Å². The largest absolute Gasteiger partial charge is 0.457 e. The normalized spacial score (nSPS) is 12.2. The molecule has 154 valence electrons. The average molecular weight is 423 g/mol. The molecule has 1 aliphatic rings. The van der Waals surface area contributed by atoms with Crippen molar-refractivity contribution in [3.63, 3.8) is 0 Å². The lowest BCUT2D eigenvalue weighted by molar-refractivity contribution is 0.472. The zero-order valence-corrected chi connectivity index (χ0v) is 19.1. The summed E-state index contributed by atoms with van der Waals surface area (Å²) >= 11 is 0. The molecule has 0 saturated heterocycles. The molecule has 31 heavy (non-hydrogen) atoms. The van der Waals surface area contributed by atoms with Gasteiger partial charge >= 0.3 is 0 Å². The van der Waals surface area contributed by atoms with Crippen molar-refractivity contribution in [2.45, 2.75) is 26.7 Å². The quantitative estimate of drug-likeness (QED) is 0.263. The van der Waals surface area contributed by atoms with Gasteiger partial charge in [-0.25, -0.2) is 0 Å². The third-order valence-corrected chi connectivity index (χ3v) is 7.55. The lowest BCUT2D eigenvalue weighted by atomic mass is 9.90. The van der Waals surface area contributed by atoms with Crippen LogP contribution in [0.15, 0.2) is 84.9 Å². The Morgan fingerprint density at radius 2 is 1.45 bits per heavy atom. The molecule has 5 rings (SSSR count). The summed E-state index contributed by atoms with van der Waals surface area (Å²) in [6.07, 6.45) is 3.18. The van der Waals surface area contributed by atoms with Gasteiger partial charge in [-0.15, -0.1) is 0 Å². The summed E-state index contributed by atoms with van der Waals surface area (Å²) < 4.78 is 6.55. The second kappa shape index (κ2) is 8.69. The van der Waals surface area contributed by atoms with E-state index in [0.717, 1.165) is 39.1 Å². The van der Waals surface area contributed by atoms with Crippen molar-refractivity contribution in [2.75, 3.05) is 6.16 Å². The third kappa shape index (κ3) is 3.91. The van der Waals surface area contributed by atoms with Crippen LogP contribution < -0.4 is 10.0 Å². The molecule has 1 nitrogen and oxygen atoms in total. The predicted molar refractivity (Wildman–Crippen MR) is 134 cm³/mol. The van der Waals surface area contributed by atoms with E-state index in [-0.39, 0.29) is 0 Å². The summed E-state index contributed by atoms with van der Waals surface area (Å²) in [5, 5.41) is 1.43. The molecule has 0 spiro atoms. The van der Waals surface area contributed by atoms with Crippen LogP contribution in [0.5, 0.6) is 11.5 Å². The molecule has 0 aliphatic heterocycles. The van der Waals surface area contributed by atoms with Gasteiger partial charge in [0.25, 0.3) is 0 Å². The van der Waals surface area contributed by atoms with Crippen molar-refractivity contribution in [3.05, 3.63) is 113 Å². The second-order valence-corrected chi connectivity index (χ2v) is 9.63. The molecule has 4 aromatic carbocycles. The first-order valence-electron chi connectivity index (χ1n) is 11.0. The van der Waals surface area contributed by atoms with Gasteiger partial charge in [0.05, 0.1) is 0 Å². The Balaban J connectivity index is 1.57. The van der Waals surface area contributed by atoms with E-state index < -0.39 is 0 Å². The molecule has 1 unspecified atom stereocenters. The maximum Gasteiger partial charge on any atom is 0.134 e. The Kier molecular flexibility index (Phi) is 5.62. The summed E-state index contributed by atoms with van der Waals surface area (Å²) in [7, 11) is 0.807. The highest BCUT2D eigenvalue weighted by Gasteiger charge is 2.27. The number of fused-ring (bicyclic) bond motifs is 3. The van der Waals surface area contributed by atoms with Crippen molar-refractivity contribution in [2.24, 2.45) is 0 Å². The fourth-order valence-electron chi connectivity index (χ4n) is 4.66. The maximum atomic E-state index is 6.55. The molecule has 0 heterocycles. The van der Waals surface area contributed by atoms with Crippen molar-refractivity contribution < 1.29 is 4.74 Å². The minimum absolute atomic E-state index is 0.807. The number of benzene rings is 4. The van der Waals surface area contributed by atoms with E-state index in [0.29, 0.717) is 0 Å². The Morgan fingerprint density at radius 3 is 2.23 bits per heavy atom. The second-order valence-electron chi connectivity index (χ2n) is 8.20. The molecule has 1 aliphatic carbocycles. The smallest absolute Gasteiger partial charge is 0.134 e. The number of hydrogen-bond donors (Lipinski definition) is 0. The van der Waals surface area contributed by atoms with Crippen molar-refractivity contribution in [1.29, 1.82) is 0 Å². The van der Waals surface area contributed by atoms with E-state index in [1.807, 2.05) is 30.3 Å². The van der Waals surface area contributed by atoms with Crippen LogP contribution >= 0.6 is 8.58 Å². The van der Waals surface area contributed by atoms with Gasteiger partial charge in [-0.2, -0.15) is 0 Å². The van der Waals surface area contributed by atoms with Crippen LogP contribution in [-0.4, -0.2) is 6.16 Å². The standard InChI is InChI=1S/C29H27OP/c1-20-21(2)29(30-23-12-5-3-6-13-23)26(17-18-31-24-14-7-4-8-15-24)27-19-22-11-9-10-16-25(22)28(20)27/h3-16,31H,17-19H2,1-2H3. The molecular weight excluding hydrogens is 395 g/mol.